The summed E-state index contributed by atoms with van der Waals surface area (Å²) in [6.45, 7) is 4.17. The number of rotatable bonds is 4. The Morgan fingerprint density at radius 3 is 2.95 bits per heavy atom. The first-order valence-corrected chi connectivity index (χ1v) is 7.27. The maximum absolute atomic E-state index is 5.96. The number of anilines is 1. The number of hydrogen-bond donors (Lipinski definition) is 1. The quantitative estimate of drug-likeness (QED) is 0.926. The van der Waals surface area contributed by atoms with E-state index in [9.17, 15) is 0 Å². The summed E-state index contributed by atoms with van der Waals surface area (Å²) in [6.07, 6.45) is 3.98. The van der Waals surface area contributed by atoms with E-state index in [4.69, 9.17) is 5.73 Å². The second kappa shape index (κ2) is 5.63. The number of benzene rings is 1. The van der Waals surface area contributed by atoms with Crippen molar-refractivity contribution < 1.29 is 0 Å². The van der Waals surface area contributed by atoms with Crippen LogP contribution in [0.5, 0.6) is 0 Å². The lowest BCUT2D eigenvalue weighted by molar-refractivity contribution is 0.799. The van der Waals surface area contributed by atoms with Crippen molar-refractivity contribution in [2.45, 2.75) is 25.8 Å². The van der Waals surface area contributed by atoms with Gasteiger partial charge in [-0.25, -0.2) is 0 Å². The van der Waals surface area contributed by atoms with Gasteiger partial charge in [0.25, 0.3) is 0 Å². The molecule has 0 saturated heterocycles. The molecule has 0 spiro atoms. The first-order valence-electron chi connectivity index (χ1n) is 7.27. The molecule has 104 valence electrons. The summed E-state index contributed by atoms with van der Waals surface area (Å²) < 4.78 is 0. The van der Waals surface area contributed by atoms with Gasteiger partial charge in [0, 0.05) is 43.1 Å². The Hall–Kier alpha value is -1.87. The SMILES string of the molecule is CC(N)c1ccc2c(c1)CCN2CCc1ccccn1. The fourth-order valence-electron chi connectivity index (χ4n) is 2.80. The Bertz CT molecular complexity index is 578. The molecule has 3 nitrogen and oxygen atoms in total. The normalized spacial score (nSPS) is 15.2. The molecule has 1 aromatic heterocycles. The van der Waals surface area contributed by atoms with Crippen LogP contribution in [0.4, 0.5) is 5.69 Å². The van der Waals surface area contributed by atoms with E-state index in [1.165, 1.54) is 16.8 Å². The summed E-state index contributed by atoms with van der Waals surface area (Å²) in [5.41, 5.74) is 11.1. The lowest BCUT2D eigenvalue weighted by atomic mass is 10.0. The van der Waals surface area contributed by atoms with Crippen molar-refractivity contribution in [3.05, 3.63) is 59.4 Å². The number of pyridine rings is 1. The van der Waals surface area contributed by atoms with Crippen LogP contribution in [-0.4, -0.2) is 18.1 Å². The van der Waals surface area contributed by atoms with Crippen molar-refractivity contribution in [3.63, 3.8) is 0 Å². The molecule has 0 saturated carbocycles. The largest absolute Gasteiger partial charge is 0.371 e. The fourth-order valence-corrected chi connectivity index (χ4v) is 2.80. The van der Waals surface area contributed by atoms with Gasteiger partial charge in [0.15, 0.2) is 0 Å². The van der Waals surface area contributed by atoms with E-state index in [2.05, 4.69) is 40.2 Å². The van der Waals surface area contributed by atoms with Gasteiger partial charge >= 0.3 is 0 Å². The molecule has 2 aromatic rings. The van der Waals surface area contributed by atoms with Crippen LogP contribution >= 0.6 is 0 Å². The van der Waals surface area contributed by atoms with Crippen LogP contribution in [0.25, 0.3) is 0 Å². The van der Waals surface area contributed by atoms with E-state index < -0.39 is 0 Å². The highest BCUT2D eigenvalue weighted by Gasteiger charge is 2.19. The van der Waals surface area contributed by atoms with E-state index in [0.29, 0.717) is 0 Å². The first-order chi connectivity index (χ1) is 9.74. The Morgan fingerprint density at radius 2 is 2.20 bits per heavy atom. The van der Waals surface area contributed by atoms with Gasteiger partial charge in [-0.1, -0.05) is 18.2 Å². The van der Waals surface area contributed by atoms with Gasteiger partial charge in [-0.15, -0.1) is 0 Å². The smallest absolute Gasteiger partial charge is 0.0421 e. The van der Waals surface area contributed by atoms with Gasteiger partial charge in [0.1, 0.15) is 0 Å². The minimum Gasteiger partial charge on any atom is -0.371 e. The summed E-state index contributed by atoms with van der Waals surface area (Å²) >= 11 is 0. The number of nitrogens with two attached hydrogens (primary N) is 1. The van der Waals surface area contributed by atoms with Gasteiger partial charge in [-0.3, -0.25) is 4.98 Å². The van der Waals surface area contributed by atoms with Crippen molar-refractivity contribution in [2.75, 3.05) is 18.0 Å². The average Bonchev–Trinajstić information content (AvgIpc) is 2.88. The number of nitrogens with zero attached hydrogens (tertiary/aromatic N) is 2. The molecule has 1 aliphatic rings. The monoisotopic (exact) mass is 267 g/mol. The van der Waals surface area contributed by atoms with E-state index in [-0.39, 0.29) is 6.04 Å². The zero-order chi connectivity index (χ0) is 13.9. The maximum atomic E-state index is 5.96. The summed E-state index contributed by atoms with van der Waals surface area (Å²) in [5.74, 6) is 0. The molecule has 20 heavy (non-hydrogen) atoms. The topological polar surface area (TPSA) is 42.1 Å². The van der Waals surface area contributed by atoms with Crippen molar-refractivity contribution in [1.82, 2.24) is 4.98 Å². The zero-order valence-electron chi connectivity index (χ0n) is 11.9. The van der Waals surface area contributed by atoms with E-state index in [0.717, 1.165) is 31.6 Å². The molecule has 1 atom stereocenters. The highest BCUT2D eigenvalue weighted by Crippen LogP contribution is 2.30. The van der Waals surface area contributed by atoms with Crippen LogP contribution in [-0.2, 0) is 12.8 Å². The number of aromatic nitrogens is 1. The second-order valence-electron chi connectivity index (χ2n) is 5.48. The highest BCUT2D eigenvalue weighted by atomic mass is 15.1. The van der Waals surface area contributed by atoms with Crippen molar-refractivity contribution in [1.29, 1.82) is 0 Å². The first kappa shape index (κ1) is 13.1. The van der Waals surface area contributed by atoms with Gasteiger partial charge in [0.2, 0.25) is 0 Å². The van der Waals surface area contributed by atoms with Gasteiger partial charge in [-0.05, 0) is 42.7 Å². The Balaban J connectivity index is 1.70. The molecule has 2 N–H and O–H groups in total. The lowest BCUT2D eigenvalue weighted by Gasteiger charge is -2.19. The predicted molar refractivity (Wildman–Crippen MR) is 82.9 cm³/mol. The van der Waals surface area contributed by atoms with Crippen LogP contribution in [0, 0.1) is 0 Å². The molecule has 0 aliphatic carbocycles. The highest BCUT2D eigenvalue weighted by molar-refractivity contribution is 5.59. The molecular weight excluding hydrogens is 246 g/mol. The molecule has 1 aliphatic heterocycles. The molecule has 0 bridgehead atoms. The number of hydrogen-bond acceptors (Lipinski definition) is 3. The fraction of sp³-hybridized carbons (Fsp3) is 0.353. The minimum absolute atomic E-state index is 0.114. The lowest BCUT2D eigenvalue weighted by Crippen LogP contribution is -2.23. The third-order valence-electron chi connectivity index (χ3n) is 3.99. The van der Waals surface area contributed by atoms with Crippen molar-refractivity contribution in [2.24, 2.45) is 5.73 Å². The average molecular weight is 267 g/mol. The van der Waals surface area contributed by atoms with Crippen LogP contribution in [0.2, 0.25) is 0 Å². The maximum Gasteiger partial charge on any atom is 0.0421 e. The molecule has 3 rings (SSSR count). The predicted octanol–water partition coefficient (Wildman–Crippen LogP) is 2.71. The van der Waals surface area contributed by atoms with Crippen LogP contribution in [0.15, 0.2) is 42.6 Å². The molecule has 3 heteroatoms. The van der Waals surface area contributed by atoms with Crippen molar-refractivity contribution >= 4 is 5.69 Å². The standard InChI is InChI=1S/C17H21N3/c1-13(18)14-5-6-17-15(12-14)7-10-20(17)11-8-16-4-2-3-9-19-16/h2-6,9,12-13H,7-8,10-11,18H2,1H3. The Kier molecular flexibility index (Phi) is 3.70. The van der Waals surface area contributed by atoms with Gasteiger partial charge in [-0.2, -0.15) is 0 Å². The zero-order valence-corrected chi connectivity index (χ0v) is 11.9. The third kappa shape index (κ3) is 2.68. The summed E-state index contributed by atoms with van der Waals surface area (Å²) in [7, 11) is 0. The Labute approximate surface area is 120 Å². The molecule has 1 unspecified atom stereocenters. The molecule has 1 aromatic carbocycles. The molecule has 2 heterocycles. The number of fused-ring (bicyclic) bond motifs is 1. The van der Waals surface area contributed by atoms with E-state index in [1.807, 2.05) is 19.2 Å². The molecule has 0 amide bonds. The van der Waals surface area contributed by atoms with Crippen LogP contribution in [0.3, 0.4) is 0 Å². The molecule has 0 radical (unpaired) electrons. The summed E-state index contributed by atoms with van der Waals surface area (Å²) in [6, 6.07) is 12.9. The molecule has 0 fully saturated rings. The Morgan fingerprint density at radius 1 is 1.30 bits per heavy atom. The minimum atomic E-state index is 0.114. The third-order valence-corrected chi connectivity index (χ3v) is 3.99. The summed E-state index contributed by atoms with van der Waals surface area (Å²) in [4.78, 5) is 6.84. The van der Waals surface area contributed by atoms with E-state index in [1.54, 1.807) is 0 Å². The summed E-state index contributed by atoms with van der Waals surface area (Å²) in [5, 5.41) is 0. The van der Waals surface area contributed by atoms with Gasteiger partial charge in [0.05, 0.1) is 0 Å². The van der Waals surface area contributed by atoms with Crippen LogP contribution in [0.1, 0.15) is 29.8 Å². The van der Waals surface area contributed by atoms with Crippen molar-refractivity contribution in [3.8, 4) is 0 Å². The van der Waals surface area contributed by atoms with E-state index >= 15 is 0 Å². The van der Waals surface area contributed by atoms with Gasteiger partial charge < -0.3 is 10.6 Å². The molecular formula is C17H21N3. The second-order valence-corrected chi connectivity index (χ2v) is 5.48. The van der Waals surface area contributed by atoms with Crippen LogP contribution < -0.4 is 10.6 Å².